The Morgan fingerprint density at radius 3 is 2.67 bits per heavy atom. The summed E-state index contributed by atoms with van der Waals surface area (Å²) in [4.78, 5) is 26.7. The lowest BCUT2D eigenvalue weighted by atomic mass is 10.2. The zero-order valence-electron chi connectivity index (χ0n) is 13.0. The molecular weight excluding hydrogens is 342 g/mol. The number of amides is 1. The molecule has 130 valence electrons. The van der Waals surface area contributed by atoms with E-state index in [1.165, 1.54) is 5.38 Å². The number of halogens is 2. The minimum Gasteiger partial charge on any atom is -0.476 e. The highest BCUT2D eigenvalue weighted by Gasteiger charge is 2.25. The fraction of sp³-hybridized carbons (Fsp3) is 0.429. The Balaban J connectivity index is 2.11. The topological polar surface area (TPSA) is 97.1 Å². The Morgan fingerprint density at radius 2 is 2.12 bits per heavy atom. The molecule has 0 unspecified atom stereocenters. The van der Waals surface area contributed by atoms with E-state index in [0.717, 1.165) is 22.2 Å². The van der Waals surface area contributed by atoms with Crippen LogP contribution in [0.1, 0.15) is 51.8 Å². The van der Waals surface area contributed by atoms with Gasteiger partial charge in [-0.1, -0.05) is 13.8 Å². The number of carbonyl (C=O) groups is 2. The number of hydrogen-bond donors (Lipinski definition) is 2. The third-order valence-electron chi connectivity index (χ3n) is 3.04. The van der Waals surface area contributed by atoms with E-state index < -0.39 is 24.0 Å². The van der Waals surface area contributed by atoms with Crippen molar-refractivity contribution in [2.75, 3.05) is 0 Å². The van der Waals surface area contributed by atoms with Gasteiger partial charge in [-0.15, -0.1) is 11.3 Å². The molecule has 2 rings (SSSR count). The van der Waals surface area contributed by atoms with Crippen molar-refractivity contribution in [3.8, 4) is 0 Å². The fourth-order valence-electron chi connectivity index (χ4n) is 2.03. The maximum absolute atomic E-state index is 13.3. The van der Waals surface area contributed by atoms with Crippen molar-refractivity contribution >= 4 is 23.2 Å². The van der Waals surface area contributed by atoms with Crippen LogP contribution in [0.2, 0.25) is 0 Å². The second-order valence-corrected chi connectivity index (χ2v) is 6.38. The molecular formula is C14H16F2N4O3S. The number of nitrogens with one attached hydrogen (secondary N) is 1. The molecule has 0 bridgehead atoms. The van der Waals surface area contributed by atoms with Crippen molar-refractivity contribution in [2.45, 2.75) is 33.4 Å². The monoisotopic (exact) mass is 358 g/mol. The minimum absolute atomic E-state index is 0.0468. The normalized spacial score (nSPS) is 11.2. The predicted molar refractivity (Wildman–Crippen MR) is 82.3 cm³/mol. The van der Waals surface area contributed by atoms with Gasteiger partial charge in [0.1, 0.15) is 10.7 Å². The van der Waals surface area contributed by atoms with Gasteiger partial charge in [0.2, 0.25) is 0 Å². The molecule has 7 nitrogen and oxygen atoms in total. The van der Waals surface area contributed by atoms with E-state index in [4.69, 9.17) is 5.11 Å². The van der Waals surface area contributed by atoms with Gasteiger partial charge in [0.25, 0.3) is 12.3 Å². The summed E-state index contributed by atoms with van der Waals surface area (Å²) >= 11 is 1.06. The zero-order valence-corrected chi connectivity index (χ0v) is 13.8. The molecule has 0 radical (unpaired) electrons. The van der Waals surface area contributed by atoms with Crippen molar-refractivity contribution in [1.29, 1.82) is 0 Å². The number of hydrogen-bond acceptors (Lipinski definition) is 5. The number of carbonyl (C=O) groups excluding carboxylic acids is 1. The van der Waals surface area contributed by atoms with E-state index in [0.29, 0.717) is 5.01 Å². The third-order valence-corrected chi connectivity index (χ3v) is 3.89. The molecule has 0 aromatic carbocycles. The van der Waals surface area contributed by atoms with Crippen molar-refractivity contribution in [1.82, 2.24) is 20.1 Å². The van der Waals surface area contributed by atoms with Crippen LogP contribution >= 0.6 is 11.3 Å². The maximum Gasteiger partial charge on any atom is 0.355 e. The average Bonchev–Trinajstić information content (AvgIpc) is 3.10. The minimum atomic E-state index is -2.83. The molecule has 0 aliphatic heterocycles. The SMILES string of the molecule is CC(C)Cn1ncc(C(=O)NCc2nc(C(=O)O)cs2)c1C(F)F. The van der Waals surface area contributed by atoms with Gasteiger partial charge in [-0.25, -0.2) is 18.6 Å². The average molecular weight is 358 g/mol. The second-order valence-electron chi connectivity index (χ2n) is 5.43. The first-order valence-corrected chi connectivity index (χ1v) is 7.97. The van der Waals surface area contributed by atoms with Crippen molar-refractivity contribution < 1.29 is 23.5 Å². The molecule has 2 N–H and O–H groups in total. The van der Waals surface area contributed by atoms with E-state index >= 15 is 0 Å². The van der Waals surface area contributed by atoms with Crippen LogP contribution < -0.4 is 5.32 Å². The summed E-state index contributed by atoms with van der Waals surface area (Å²) in [5.41, 5.74) is -0.741. The van der Waals surface area contributed by atoms with Gasteiger partial charge in [-0.3, -0.25) is 9.48 Å². The van der Waals surface area contributed by atoms with Crippen LogP contribution in [0.5, 0.6) is 0 Å². The van der Waals surface area contributed by atoms with Crippen LogP contribution in [-0.2, 0) is 13.1 Å². The predicted octanol–water partition coefficient (Wildman–Crippen LogP) is 2.56. The zero-order chi connectivity index (χ0) is 17.9. The number of aromatic carboxylic acids is 1. The van der Waals surface area contributed by atoms with Gasteiger partial charge < -0.3 is 10.4 Å². The largest absolute Gasteiger partial charge is 0.476 e. The van der Waals surface area contributed by atoms with Gasteiger partial charge in [-0.05, 0) is 5.92 Å². The lowest BCUT2D eigenvalue weighted by molar-refractivity contribution is 0.0691. The molecule has 24 heavy (non-hydrogen) atoms. The summed E-state index contributed by atoms with van der Waals surface area (Å²) in [6.07, 6.45) is -1.71. The molecule has 2 heterocycles. The van der Waals surface area contributed by atoms with Gasteiger partial charge in [0.05, 0.1) is 18.3 Å². The maximum atomic E-state index is 13.3. The van der Waals surface area contributed by atoms with Crippen molar-refractivity contribution in [3.05, 3.63) is 33.5 Å². The number of aromatic nitrogens is 3. The first-order chi connectivity index (χ1) is 11.3. The quantitative estimate of drug-likeness (QED) is 0.793. The molecule has 2 aromatic heterocycles. The summed E-state index contributed by atoms with van der Waals surface area (Å²) in [7, 11) is 0. The van der Waals surface area contributed by atoms with Crippen LogP contribution in [0.25, 0.3) is 0 Å². The highest BCUT2D eigenvalue weighted by Crippen LogP contribution is 2.24. The summed E-state index contributed by atoms with van der Waals surface area (Å²) in [5.74, 6) is -1.77. The molecule has 2 aromatic rings. The number of alkyl halides is 2. The van der Waals surface area contributed by atoms with E-state index in [1.54, 1.807) is 0 Å². The lowest BCUT2D eigenvalue weighted by Gasteiger charge is -2.10. The summed E-state index contributed by atoms with van der Waals surface area (Å²) < 4.78 is 27.7. The Kier molecular flexibility index (Phi) is 5.60. The fourth-order valence-corrected chi connectivity index (χ4v) is 2.74. The van der Waals surface area contributed by atoms with Crippen LogP contribution in [0, 0.1) is 5.92 Å². The Bertz CT molecular complexity index is 742. The van der Waals surface area contributed by atoms with Crippen LogP contribution in [-0.4, -0.2) is 31.7 Å². The standard InChI is InChI=1S/C14H16F2N4O3S/c1-7(2)5-20-11(12(15)16)8(3-18-20)13(21)17-4-10-19-9(6-24-10)14(22)23/h3,6-7,12H,4-5H2,1-2H3,(H,17,21)(H,22,23). The summed E-state index contributed by atoms with van der Waals surface area (Å²) in [6.45, 7) is 3.95. The number of nitrogens with zero attached hydrogens (tertiary/aromatic N) is 3. The Morgan fingerprint density at radius 1 is 1.42 bits per heavy atom. The second kappa shape index (κ2) is 7.47. The van der Waals surface area contributed by atoms with E-state index in [1.807, 2.05) is 13.8 Å². The molecule has 0 aliphatic rings. The first kappa shape index (κ1) is 18.0. The molecule has 0 spiro atoms. The molecule has 10 heteroatoms. The van der Waals surface area contributed by atoms with Gasteiger partial charge in [0.15, 0.2) is 5.69 Å². The highest BCUT2D eigenvalue weighted by atomic mass is 32.1. The first-order valence-electron chi connectivity index (χ1n) is 7.09. The van der Waals surface area contributed by atoms with Crippen molar-refractivity contribution in [2.24, 2.45) is 5.92 Å². The number of carboxylic acids is 1. The number of thiazole rings is 1. The van der Waals surface area contributed by atoms with E-state index in [9.17, 15) is 18.4 Å². The molecule has 0 aliphatic carbocycles. The number of rotatable bonds is 7. The van der Waals surface area contributed by atoms with Crippen LogP contribution in [0.4, 0.5) is 8.78 Å². The molecule has 0 atom stereocenters. The van der Waals surface area contributed by atoms with Gasteiger partial charge in [-0.2, -0.15) is 5.10 Å². The van der Waals surface area contributed by atoms with Gasteiger partial charge >= 0.3 is 5.97 Å². The molecule has 0 fully saturated rings. The Labute approximate surface area is 140 Å². The number of carboxylic acid groups (broad SMARTS) is 1. The highest BCUT2D eigenvalue weighted by molar-refractivity contribution is 7.09. The smallest absolute Gasteiger partial charge is 0.355 e. The van der Waals surface area contributed by atoms with Crippen molar-refractivity contribution in [3.63, 3.8) is 0 Å². The van der Waals surface area contributed by atoms with E-state index in [-0.39, 0.29) is 30.3 Å². The van der Waals surface area contributed by atoms with Crippen LogP contribution in [0.15, 0.2) is 11.6 Å². The third kappa shape index (κ3) is 4.13. The Hall–Kier alpha value is -2.36. The lowest BCUT2D eigenvalue weighted by Crippen LogP contribution is -2.24. The van der Waals surface area contributed by atoms with E-state index in [2.05, 4.69) is 15.4 Å². The summed E-state index contributed by atoms with van der Waals surface area (Å²) in [6, 6.07) is 0. The summed E-state index contributed by atoms with van der Waals surface area (Å²) in [5, 5.41) is 16.8. The van der Waals surface area contributed by atoms with Crippen LogP contribution in [0.3, 0.4) is 0 Å². The molecule has 0 saturated carbocycles. The molecule has 1 amide bonds. The molecule has 0 saturated heterocycles. The van der Waals surface area contributed by atoms with Gasteiger partial charge in [0, 0.05) is 11.9 Å².